The number of hydrogen-bond donors (Lipinski definition) is 0. The van der Waals surface area contributed by atoms with Gasteiger partial charge in [0.25, 0.3) is 0 Å². The van der Waals surface area contributed by atoms with Gasteiger partial charge in [-0.25, -0.2) is 4.39 Å². The van der Waals surface area contributed by atoms with Crippen LogP contribution >= 0.6 is 11.6 Å². The van der Waals surface area contributed by atoms with Crippen LogP contribution in [0.4, 0.5) is 15.8 Å². The first-order chi connectivity index (χ1) is 9.19. The Morgan fingerprint density at radius 2 is 2.05 bits per heavy atom. The van der Waals surface area contributed by atoms with Gasteiger partial charge in [-0.05, 0) is 42.3 Å². The van der Waals surface area contributed by atoms with Crippen molar-refractivity contribution in [3.05, 3.63) is 58.4 Å². The molecule has 0 bridgehead atoms. The molecular weight excluding hydrogens is 265 g/mol. The molecule has 0 aliphatic carbocycles. The van der Waals surface area contributed by atoms with E-state index in [9.17, 15) is 9.18 Å². The number of anilines is 2. The molecule has 0 saturated heterocycles. The van der Waals surface area contributed by atoms with Crippen molar-refractivity contribution >= 4 is 29.3 Å². The Kier molecular flexibility index (Phi) is 2.99. The van der Waals surface area contributed by atoms with Crippen molar-refractivity contribution in [1.29, 1.82) is 0 Å². The van der Waals surface area contributed by atoms with Crippen molar-refractivity contribution in [1.82, 2.24) is 0 Å². The fraction of sp³-hybridized carbons (Fsp3) is 0.133. The van der Waals surface area contributed by atoms with Crippen LogP contribution in [0.1, 0.15) is 15.9 Å². The van der Waals surface area contributed by atoms with Gasteiger partial charge in [-0.15, -0.1) is 0 Å². The molecule has 1 heterocycles. The fourth-order valence-corrected chi connectivity index (χ4v) is 2.62. The Bertz CT molecular complexity index is 657. The molecule has 2 aromatic carbocycles. The van der Waals surface area contributed by atoms with Crippen LogP contribution in [0, 0.1) is 5.82 Å². The normalized spacial score (nSPS) is 13.5. The van der Waals surface area contributed by atoms with E-state index in [2.05, 4.69) is 0 Å². The largest absolute Gasteiger partial charge is 0.341 e. The minimum Gasteiger partial charge on any atom is -0.341 e. The molecule has 2 aromatic rings. The average Bonchev–Trinajstić information content (AvgIpc) is 2.81. The van der Waals surface area contributed by atoms with Gasteiger partial charge in [0, 0.05) is 23.5 Å². The maximum atomic E-state index is 13.3. The Labute approximate surface area is 115 Å². The average molecular weight is 276 g/mol. The Morgan fingerprint density at radius 3 is 2.79 bits per heavy atom. The first-order valence-corrected chi connectivity index (χ1v) is 6.37. The number of carbonyl (C=O) groups is 1. The maximum absolute atomic E-state index is 13.3. The molecule has 2 nitrogen and oxygen atoms in total. The highest BCUT2D eigenvalue weighted by molar-refractivity contribution is 6.33. The van der Waals surface area contributed by atoms with Gasteiger partial charge < -0.3 is 4.90 Å². The Morgan fingerprint density at radius 1 is 1.21 bits per heavy atom. The summed E-state index contributed by atoms with van der Waals surface area (Å²) < 4.78 is 13.3. The van der Waals surface area contributed by atoms with E-state index in [1.54, 1.807) is 12.1 Å². The molecule has 1 aliphatic rings. The summed E-state index contributed by atoms with van der Waals surface area (Å²) in [4.78, 5) is 12.8. The van der Waals surface area contributed by atoms with E-state index in [0.29, 0.717) is 10.6 Å². The van der Waals surface area contributed by atoms with E-state index >= 15 is 0 Å². The lowest BCUT2D eigenvalue weighted by molar-refractivity contribution is 0.112. The molecule has 0 spiro atoms. The second-order valence-corrected chi connectivity index (χ2v) is 4.91. The van der Waals surface area contributed by atoms with Crippen LogP contribution in [0.5, 0.6) is 0 Å². The summed E-state index contributed by atoms with van der Waals surface area (Å²) in [6.07, 6.45) is 1.60. The Hall–Kier alpha value is -1.87. The van der Waals surface area contributed by atoms with Crippen molar-refractivity contribution in [2.45, 2.75) is 6.42 Å². The van der Waals surface area contributed by atoms with Crippen molar-refractivity contribution < 1.29 is 9.18 Å². The van der Waals surface area contributed by atoms with Gasteiger partial charge in [-0.2, -0.15) is 0 Å². The quantitative estimate of drug-likeness (QED) is 0.773. The predicted molar refractivity (Wildman–Crippen MR) is 73.9 cm³/mol. The molecule has 0 aromatic heterocycles. The number of fused-ring (bicyclic) bond motifs is 1. The third-order valence-electron chi connectivity index (χ3n) is 3.37. The molecule has 0 unspecified atom stereocenters. The van der Waals surface area contributed by atoms with Crippen LogP contribution in [0.15, 0.2) is 36.4 Å². The SMILES string of the molecule is O=Cc1ccc(N2CCc3ccc(F)cc32)cc1Cl. The third-order valence-corrected chi connectivity index (χ3v) is 3.69. The van der Waals surface area contributed by atoms with Crippen LogP contribution in [-0.2, 0) is 6.42 Å². The summed E-state index contributed by atoms with van der Waals surface area (Å²) in [5.41, 5.74) is 3.33. The summed E-state index contributed by atoms with van der Waals surface area (Å²) in [6.45, 7) is 0.787. The van der Waals surface area contributed by atoms with E-state index in [0.717, 1.165) is 36.2 Å². The number of benzene rings is 2. The number of rotatable bonds is 2. The minimum absolute atomic E-state index is 0.249. The summed E-state index contributed by atoms with van der Waals surface area (Å²) in [5.74, 6) is -0.249. The van der Waals surface area contributed by atoms with E-state index < -0.39 is 0 Å². The lowest BCUT2D eigenvalue weighted by atomic mass is 10.1. The molecule has 0 fully saturated rings. The van der Waals surface area contributed by atoms with E-state index in [1.807, 2.05) is 17.0 Å². The number of hydrogen-bond acceptors (Lipinski definition) is 2. The molecule has 4 heteroatoms. The van der Waals surface area contributed by atoms with Crippen LogP contribution in [-0.4, -0.2) is 12.8 Å². The van der Waals surface area contributed by atoms with E-state index in [1.165, 1.54) is 12.1 Å². The molecule has 0 amide bonds. The molecule has 0 radical (unpaired) electrons. The number of carbonyl (C=O) groups excluding carboxylic acids is 1. The van der Waals surface area contributed by atoms with E-state index in [4.69, 9.17) is 11.6 Å². The van der Waals surface area contributed by atoms with Gasteiger partial charge in [-0.3, -0.25) is 4.79 Å². The lowest BCUT2D eigenvalue weighted by Gasteiger charge is -2.20. The second-order valence-electron chi connectivity index (χ2n) is 4.50. The molecular formula is C15H11ClFNO. The molecule has 96 valence electrons. The number of nitrogens with zero attached hydrogens (tertiary/aromatic N) is 1. The highest BCUT2D eigenvalue weighted by Gasteiger charge is 2.21. The third kappa shape index (κ3) is 2.10. The summed E-state index contributed by atoms with van der Waals surface area (Å²) in [6, 6.07) is 10.1. The number of halogens is 2. The maximum Gasteiger partial charge on any atom is 0.151 e. The lowest BCUT2D eigenvalue weighted by Crippen LogP contribution is -2.13. The Balaban J connectivity index is 2.04. The number of aldehydes is 1. The van der Waals surface area contributed by atoms with Gasteiger partial charge in [0.2, 0.25) is 0 Å². The highest BCUT2D eigenvalue weighted by Crippen LogP contribution is 2.36. The topological polar surface area (TPSA) is 20.3 Å². The smallest absolute Gasteiger partial charge is 0.151 e. The first-order valence-electron chi connectivity index (χ1n) is 6.00. The van der Waals surface area contributed by atoms with E-state index in [-0.39, 0.29) is 5.82 Å². The highest BCUT2D eigenvalue weighted by atomic mass is 35.5. The van der Waals surface area contributed by atoms with Crippen molar-refractivity contribution in [2.24, 2.45) is 0 Å². The minimum atomic E-state index is -0.249. The standard InChI is InChI=1S/C15H11ClFNO/c16-14-8-13(4-2-11(14)9-19)18-6-5-10-1-3-12(17)7-15(10)18/h1-4,7-9H,5-6H2. The second kappa shape index (κ2) is 4.67. The molecule has 3 rings (SSSR count). The van der Waals surface area contributed by atoms with Gasteiger partial charge in [0.05, 0.1) is 5.02 Å². The monoisotopic (exact) mass is 275 g/mol. The van der Waals surface area contributed by atoms with Gasteiger partial charge in [0.1, 0.15) is 5.82 Å². The molecule has 0 N–H and O–H groups in total. The molecule has 1 aliphatic heterocycles. The van der Waals surface area contributed by atoms with Crippen LogP contribution < -0.4 is 4.90 Å². The zero-order chi connectivity index (χ0) is 13.4. The van der Waals surface area contributed by atoms with Crippen LogP contribution in [0.25, 0.3) is 0 Å². The summed E-state index contributed by atoms with van der Waals surface area (Å²) in [5, 5.41) is 0.414. The van der Waals surface area contributed by atoms with Gasteiger partial charge in [0.15, 0.2) is 6.29 Å². The van der Waals surface area contributed by atoms with Crippen molar-refractivity contribution in [3.63, 3.8) is 0 Å². The van der Waals surface area contributed by atoms with Crippen molar-refractivity contribution in [3.8, 4) is 0 Å². The van der Waals surface area contributed by atoms with Crippen molar-refractivity contribution in [2.75, 3.05) is 11.4 Å². The van der Waals surface area contributed by atoms with Crippen LogP contribution in [0.3, 0.4) is 0 Å². The molecule has 19 heavy (non-hydrogen) atoms. The molecule has 0 saturated carbocycles. The van der Waals surface area contributed by atoms with Gasteiger partial charge >= 0.3 is 0 Å². The zero-order valence-electron chi connectivity index (χ0n) is 10.1. The predicted octanol–water partition coefficient (Wildman–Crippen LogP) is 3.99. The molecule has 0 atom stereocenters. The van der Waals surface area contributed by atoms with Crippen LogP contribution in [0.2, 0.25) is 5.02 Å². The fourth-order valence-electron chi connectivity index (χ4n) is 2.40. The zero-order valence-corrected chi connectivity index (χ0v) is 10.8. The van der Waals surface area contributed by atoms with Gasteiger partial charge in [-0.1, -0.05) is 17.7 Å². The summed E-state index contributed by atoms with van der Waals surface area (Å²) in [7, 11) is 0. The first kappa shape index (κ1) is 12.2. The summed E-state index contributed by atoms with van der Waals surface area (Å²) >= 11 is 6.03.